The molecule has 0 atom stereocenters. The molecule has 0 bridgehead atoms. The highest BCUT2D eigenvalue weighted by molar-refractivity contribution is 5.29. The molecule has 0 aromatic heterocycles. The van der Waals surface area contributed by atoms with E-state index >= 15 is 0 Å². The van der Waals surface area contributed by atoms with Crippen LogP contribution in [-0.4, -0.2) is 14.2 Å². The van der Waals surface area contributed by atoms with Crippen molar-refractivity contribution in [2.24, 2.45) is 0 Å². The maximum Gasteiger partial charge on any atom is 0.119 e. The molecular weight excluding hydrogens is 138 g/mol. The normalized spacial score (nSPS) is 9.64. The Kier molecular flexibility index (Phi) is 2.93. The fraction of sp³-hybridized carbons (Fsp3) is 0.333. The maximum atomic E-state index is 5.06. The van der Waals surface area contributed by atoms with Crippen molar-refractivity contribution in [1.29, 1.82) is 0 Å². The third-order valence-corrected chi connectivity index (χ3v) is 1.47. The Bertz CT molecular complexity index is 223. The zero-order valence-corrected chi connectivity index (χ0v) is 6.87. The van der Waals surface area contributed by atoms with Crippen LogP contribution in [0.4, 0.5) is 0 Å². The Morgan fingerprint density at radius 1 is 1.45 bits per heavy atom. The largest absolute Gasteiger partial charge is 0.661 e. The van der Waals surface area contributed by atoms with Crippen LogP contribution in [-0.2, 0) is 6.54 Å². The molecule has 0 amide bonds. The number of ether oxygens (including phenoxy) is 1. The van der Waals surface area contributed by atoms with E-state index in [0.717, 1.165) is 12.3 Å². The zero-order valence-electron chi connectivity index (χ0n) is 6.87. The molecule has 1 rings (SSSR count). The molecule has 0 spiro atoms. The summed E-state index contributed by atoms with van der Waals surface area (Å²) in [5, 5.41) is 4.03. The quantitative estimate of drug-likeness (QED) is 0.647. The first-order valence-corrected chi connectivity index (χ1v) is 3.55. The highest BCUT2D eigenvalue weighted by Gasteiger charge is 1.88. The summed E-state index contributed by atoms with van der Waals surface area (Å²) in [5.41, 5.74) is 1.19. The molecule has 0 saturated carbocycles. The predicted octanol–water partition coefficient (Wildman–Crippen LogP) is 2.20. The van der Waals surface area contributed by atoms with E-state index in [1.54, 1.807) is 14.2 Å². The molecule has 60 valence electrons. The highest BCUT2D eigenvalue weighted by Crippen LogP contribution is 2.13. The third-order valence-electron chi connectivity index (χ3n) is 1.47. The van der Waals surface area contributed by atoms with Gasteiger partial charge in [0.05, 0.1) is 7.11 Å². The van der Waals surface area contributed by atoms with E-state index in [0.29, 0.717) is 0 Å². The highest BCUT2D eigenvalue weighted by atomic mass is 16.5. The number of methoxy groups -OCH3 is 1. The van der Waals surface area contributed by atoms with Gasteiger partial charge in [0.1, 0.15) is 5.75 Å². The Morgan fingerprint density at radius 3 is 2.91 bits per heavy atom. The van der Waals surface area contributed by atoms with Crippen LogP contribution in [0.3, 0.4) is 0 Å². The fourth-order valence-electron chi connectivity index (χ4n) is 0.953. The first kappa shape index (κ1) is 8.08. The summed E-state index contributed by atoms with van der Waals surface area (Å²) in [5.74, 6) is 0.895. The lowest BCUT2D eigenvalue weighted by atomic mass is 10.2. The standard InChI is InChI=1S/C9H12NO/c1-10-7-8-4-3-5-9(6-8)11-2/h3-6H,7H2,1-2H3/q-1. The molecule has 0 radical (unpaired) electrons. The van der Waals surface area contributed by atoms with Crippen LogP contribution in [0.2, 0.25) is 0 Å². The average molecular weight is 150 g/mol. The molecule has 2 nitrogen and oxygen atoms in total. The minimum absolute atomic E-state index is 0.761. The van der Waals surface area contributed by atoms with Crippen LogP contribution >= 0.6 is 0 Å². The monoisotopic (exact) mass is 150 g/mol. The Hall–Kier alpha value is -1.02. The number of benzene rings is 1. The molecule has 0 heterocycles. The zero-order chi connectivity index (χ0) is 8.10. The van der Waals surface area contributed by atoms with Crippen molar-refractivity contribution in [1.82, 2.24) is 0 Å². The van der Waals surface area contributed by atoms with Crippen LogP contribution in [0.5, 0.6) is 5.75 Å². The van der Waals surface area contributed by atoms with Gasteiger partial charge in [-0.1, -0.05) is 17.7 Å². The van der Waals surface area contributed by atoms with Gasteiger partial charge in [-0.3, -0.25) is 0 Å². The predicted molar refractivity (Wildman–Crippen MR) is 46.0 cm³/mol. The van der Waals surface area contributed by atoms with Gasteiger partial charge in [0, 0.05) is 0 Å². The molecule has 1 aromatic carbocycles. The first-order valence-electron chi connectivity index (χ1n) is 3.55. The molecule has 0 fully saturated rings. The first-order chi connectivity index (χ1) is 5.36. The van der Waals surface area contributed by atoms with Crippen LogP contribution in [0.25, 0.3) is 5.32 Å². The lowest BCUT2D eigenvalue weighted by Gasteiger charge is -2.11. The summed E-state index contributed by atoms with van der Waals surface area (Å²) in [6.07, 6.45) is 0. The molecule has 1 aromatic rings. The molecule has 0 N–H and O–H groups in total. The Labute approximate surface area is 67.2 Å². The van der Waals surface area contributed by atoms with E-state index in [9.17, 15) is 0 Å². The van der Waals surface area contributed by atoms with Crippen molar-refractivity contribution in [3.05, 3.63) is 35.1 Å². The van der Waals surface area contributed by atoms with Gasteiger partial charge in [-0.05, 0) is 12.1 Å². The molecule has 11 heavy (non-hydrogen) atoms. The van der Waals surface area contributed by atoms with Gasteiger partial charge in [-0.15, -0.1) is 6.54 Å². The van der Waals surface area contributed by atoms with Crippen LogP contribution in [0.15, 0.2) is 24.3 Å². The van der Waals surface area contributed by atoms with Crippen LogP contribution < -0.4 is 4.74 Å². The number of hydrogen-bond acceptors (Lipinski definition) is 1. The number of rotatable bonds is 3. The van der Waals surface area contributed by atoms with Gasteiger partial charge < -0.3 is 10.1 Å². The lowest BCUT2D eigenvalue weighted by molar-refractivity contribution is 0.414. The number of nitrogens with zero attached hydrogens (tertiary/aromatic N) is 1. The van der Waals surface area contributed by atoms with Crippen molar-refractivity contribution in [3.8, 4) is 5.75 Å². The summed E-state index contributed by atoms with van der Waals surface area (Å²) in [6.45, 7) is 0.761. The molecular formula is C9H12NO-. The van der Waals surface area contributed by atoms with Crippen LogP contribution in [0.1, 0.15) is 5.56 Å². The molecule has 0 aliphatic heterocycles. The summed E-state index contributed by atoms with van der Waals surface area (Å²) in [4.78, 5) is 0. The van der Waals surface area contributed by atoms with Gasteiger partial charge in [-0.25, -0.2) is 0 Å². The van der Waals surface area contributed by atoms with Crippen molar-refractivity contribution in [2.45, 2.75) is 6.54 Å². The smallest absolute Gasteiger partial charge is 0.119 e. The second-order valence-electron chi connectivity index (χ2n) is 2.33. The lowest BCUT2D eigenvalue weighted by Crippen LogP contribution is -1.85. The minimum Gasteiger partial charge on any atom is -0.661 e. The molecule has 0 aliphatic carbocycles. The van der Waals surface area contributed by atoms with Gasteiger partial charge in [0.2, 0.25) is 0 Å². The molecule has 0 aliphatic rings. The summed E-state index contributed by atoms with van der Waals surface area (Å²) in [6, 6.07) is 7.93. The van der Waals surface area contributed by atoms with Gasteiger partial charge in [0.25, 0.3) is 0 Å². The van der Waals surface area contributed by atoms with Gasteiger partial charge in [0.15, 0.2) is 0 Å². The van der Waals surface area contributed by atoms with Crippen molar-refractivity contribution < 1.29 is 4.74 Å². The number of hydrogen-bond donors (Lipinski definition) is 0. The second-order valence-corrected chi connectivity index (χ2v) is 2.33. The average Bonchev–Trinajstić information content (AvgIpc) is 2.06. The van der Waals surface area contributed by atoms with Crippen molar-refractivity contribution in [2.75, 3.05) is 14.2 Å². The SMILES string of the molecule is C[N-]Cc1cccc(OC)c1. The van der Waals surface area contributed by atoms with Crippen molar-refractivity contribution in [3.63, 3.8) is 0 Å². The Morgan fingerprint density at radius 2 is 2.27 bits per heavy atom. The van der Waals surface area contributed by atoms with E-state index in [2.05, 4.69) is 5.32 Å². The third kappa shape index (κ3) is 2.24. The minimum atomic E-state index is 0.761. The molecule has 2 heteroatoms. The topological polar surface area (TPSA) is 23.3 Å². The van der Waals surface area contributed by atoms with E-state index in [-0.39, 0.29) is 0 Å². The maximum absolute atomic E-state index is 5.06. The van der Waals surface area contributed by atoms with E-state index in [4.69, 9.17) is 4.74 Å². The van der Waals surface area contributed by atoms with E-state index < -0.39 is 0 Å². The van der Waals surface area contributed by atoms with E-state index in [1.165, 1.54) is 5.56 Å². The summed E-state index contributed by atoms with van der Waals surface area (Å²) >= 11 is 0. The molecule has 0 saturated heterocycles. The van der Waals surface area contributed by atoms with Gasteiger partial charge >= 0.3 is 0 Å². The second kappa shape index (κ2) is 3.98. The van der Waals surface area contributed by atoms with Gasteiger partial charge in [-0.2, -0.15) is 7.05 Å². The molecule has 0 unspecified atom stereocenters. The van der Waals surface area contributed by atoms with Crippen LogP contribution in [0, 0.1) is 0 Å². The Balaban J connectivity index is 2.74. The summed E-state index contributed by atoms with van der Waals surface area (Å²) in [7, 11) is 3.47. The summed E-state index contributed by atoms with van der Waals surface area (Å²) < 4.78 is 5.06. The van der Waals surface area contributed by atoms with E-state index in [1.807, 2.05) is 24.3 Å². The fourth-order valence-corrected chi connectivity index (χ4v) is 0.953. The van der Waals surface area contributed by atoms with Crippen molar-refractivity contribution >= 4 is 0 Å².